The summed E-state index contributed by atoms with van der Waals surface area (Å²) in [7, 11) is 0. The number of halogens is 1. The number of phenols is 1. The quantitative estimate of drug-likeness (QED) is 0.338. The van der Waals surface area contributed by atoms with Crippen molar-refractivity contribution in [2.24, 2.45) is 0 Å². The fourth-order valence-corrected chi connectivity index (χ4v) is 3.30. The molecule has 0 radical (unpaired) electrons. The second kappa shape index (κ2) is 10.4. The van der Waals surface area contributed by atoms with Gasteiger partial charge in [-0.3, -0.25) is 4.79 Å². The van der Waals surface area contributed by atoms with Crippen LogP contribution in [0.1, 0.15) is 68.6 Å². The van der Waals surface area contributed by atoms with Gasteiger partial charge in [0.05, 0.1) is 4.47 Å². The van der Waals surface area contributed by atoms with Gasteiger partial charge < -0.3 is 5.11 Å². The molecule has 3 heteroatoms. The van der Waals surface area contributed by atoms with Crippen molar-refractivity contribution in [2.45, 2.75) is 58.3 Å². The number of hydrogen-bond donors (Lipinski definition) is 1. The monoisotopic (exact) mass is 402 g/mol. The lowest BCUT2D eigenvalue weighted by Crippen LogP contribution is -1.98. The van der Waals surface area contributed by atoms with E-state index in [1.807, 2.05) is 36.4 Å². The summed E-state index contributed by atoms with van der Waals surface area (Å²) in [6.07, 6.45) is 9.21. The predicted octanol–water partition coefficient (Wildman–Crippen LogP) is 7.15. The molecule has 2 aromatic rings. The molecule has 2 nitrogen and oxygen atoms in total. The van der Waals surface area contributed by atoms with Crippen LogP contribution in [0.25, 0.3) is 11.1 Å². The number of unbranched alkanes of at least 4 members (excludes halogenated alkanes) is 6. The summed E-state index contributed by atoms with van der Waals surface area (Å²) in [4.78, 5) is 12.3. The van der Waals surface area contributed by atoms with Crippen molar-refractivity contribution in [1.29, 1.82) is 0 Å². The number of ketones is 1. The highest BCUT2D eigenvalue weighted by Gasteiger charge is 2.07. The number of phenolic OH excluding ortho intramolecular Hbond substituents is 1. The standard InChI is InChI=1S/C22H27BrO2/c1-2-3-4-5-6-7-8-9-21(24)18-12-10-17(11-13-18)19-14-15-22(25)20(23)16-19/h10-16,25H,2-9H2,1H3. The Morgan fingerprint density at radius 3 is 2.12 bits per heavy atom. The summed E-state index contributed by atoms with van der Waals surface area (Å²) in [6, 6.07) is 13.2. The van der Waals surface area contributed by atoms with Crippen LogP contribution in [0.15, 0.2) is 46.9 Å². The SMILES string of the molecule is CCCCCCCCCC(=O)c1ccc(-c2ccc(O)c(Br)c2)cc1. The summed E-state index contributed by atoms with van der Waals surface area (Å²) < 4.78 is 0.670. The number of benzene rings is 2. The molecule has 0 spiro atoms. The van der Waals surface area contributed by atoms with Gasteiger partial charge in [0, 0.05) is 12.0 Å². The number of rotatable bonds is 10. The van der Waals surface area contributed by atoms with Crippen LogP contribution in [0.3, 0.4) is 0 Å². The fourth-order valence-electron chi connectivity index (χ4n) is 2.92. The van der Waals surface area contributed by atoms with E-state index in [4.69, 9.17) is 0 Å². The fraction of sp³-hybridized carbons (Fsp3) is 0.409. The molecule has 0 saturated heterocycles. The third-order valence-corrected chi connectivity index (χ3v) is 5.13. The van der Waals surface area contributed by atoms with Crippen molar-refractivity contribution in [3.8, 4) is 16.9 Å². The molecule has 134 valence electrons. The Kier molecular flexibility index (Phi) is 8.20. The van der Waals surface area contributed by atoms with Gasteiger partial charge in [0.2, 0.25) is 0 Å². The van der Waals surface area contributed by atoms with Crippen LogP contribution in [0, 0.1) is 0 Å². The van der Waals surface area contributed by atoms with Crippen LogP contribution >= 0.6 is 15.9 Å². The van der Waals surface area contributed by atoms with E-state index in [2.05, 4.69) is 22.9 Å². The molecule has 0 aliphatic carbocycles. The van der Waals surface area contributed by atoms with Crippen LogP contribution in [0.5, 0.6) is 5.75 Å². The number of Topliss-reactive ketones (excluding diaryl/α,β-unsaturated/α-hetero) is 1. The zero-order valence-corrected chi connectivity index (χ0v) is 16.5. The van der Waals surface area contributed by atoms with E-state index >= 15 is 0 Å². The number of carbonyl (C=O) groups excluding carboxylic acids is 1. The zero-order valence-electron chi connectivity index (χ0n) is 14.9. The molecule has 1 N–H and O–H groups in total. The van der Waals surface area contributed by atoms with Gasteiger partial charge in [0.15, 0.2) is 5.78 Å². The molecule has 2 rings (SSSR count). The van der Waals surface area contributed by atoms with Gasteiger partial charge in [-0.15, -0.1) is 0 Å². The highest BCUT2D eigenvalue weighted by Crippen LogP contribution is 2.30. The average Bonchev–Trinajstić information content (AvgIpc) is 2.63. The lowest BCUT2D eigenvalue weighted by atomic mass is 9.99. The smallest absolute Gasteiger partial charge is 0.162 e. The molecule has 0 bridgehead atoms. The van der Waals surface area contributed by atoms with Crippen LogP contribution in [-0.4, -0.2) is 10.9 Å². The molecule has 0 aliphatic rings. The first kappa shape index (κ1) is 19.7. The van der Waals surface area contributed by atoms with Gasteiger partial charge in [0.25, 0.3) is 0 Å². The highest BCUT2D eigenvalue weighted by molar-refractivity contribution is 9.10. The highest BCUT2D eigenvalue weighted by atomic mass is 79.9. The van der Waals surface area contributed by atoms with E-state index < -0.39 is 0 Å². The summed E-state index contributed by atoms with van der Waals surface area (Å²) in [5, 5.41) is 9.58. The summed E-state index contributed by atoms with van der Waals surface area (Å²) in [5.41, 5.74) is 2.83. The maximum Gasteiger partial charge on any atom is 0.162 e. The Labute approximate surface area is 159 Å². The Balaban J connectivity index is 1.82. The van der Waals surface area contributed by atoms with Crippen molar-refractivity contribution in [2.75, 3.05) is 0 Å². The number of carbonyl (C=O) groups is 1. The molecule has 0 heterocycles. The molecule has 0 aromatic heterocycles. The maximum atomic E-state index is 12.3. The first-order chi connectivity index (χ1) is 12.1. The molecule has 0 saturated carbocycles. The molecule has 2 aromatic carbocycles. The molecule has 25 heavy (non-hydrogen) atoms. The van der Waals surface area contributed by atoms with E-state index in [1.54, 1.807) is 6.07 Å². The lowest BCUT2D eigenvalue weighted by Gasteiger charge is -2.06. The molecule has 0 amide bonds. The van der Waals surface area contributed by atoms with Crippen molar-refractivity contribution in [1.82, 2.24) is 0 Å². The molecular formula is C22H27BrO2. The minimum Gasteiger partial charge on any atom is -0.507 e. The Morgan fingerprint density at radius 1 is 0.880 bits per heavy atom. The first-order valence-electron chi connectivity index (χ1n) is 9.24. The van der Waals surface area contributed by atoms with Crippen molar-refractivity contribution in [3.63, 3.8) is 0 Å². The minimum absolute atomic E-state index is 0.227. The molecule has 0 aliphatic heterocycles. The number of aromatic hydroxyl groups is 1. The third kappa shape index (κ3) is 6.32. The maximum absolute atomic E-state index is 12.3. The normalized spacial score (nSPS) is 10.8. The molecule has 0 atom stereocenters. The van der Waals surface area contributed by atoms with Gasteiger partial charge in [-0.25, -0.2) is 0 Å². The van der Waals surface area contributed by atoms with Gasteiger partial charge in [-0.1, -0.05) is 75.8 Å². The first-order valence-corrected chi connectivity index (χ1v) is 10.0. The minimum atomic E-state index is 0.227. The van der Waals surface area contributed by atoms with Gasteiger partial charge in [-0.2, -0.15) is 0 Å². The van der Waals surface area contributed by atoms with Gasteiger partial charge >= 0.3 is 0 Å². The molecular weight excluding hydrogens is 376 g/mol. The molecule has 0 fully saturated rings. The van der Waals surface area contributed by atoms with E-state index in [-0.39, 0.29) is 11.5 Å². The predicted molar refractivity (Wildman–Crippen MR) is 108 cm³/mol. The molecule has 0 unspecified atom stereocenters. The summed E-state index contributed by atoms with van der Waals surface area (Å²) >= 11 is 3.33. The largest absolute Gasteiger partial charge is 0.507 e. The topological polar surface area (TPSA) is 37.3 Å². The van der Waals surface area contributed by atoms with Crippen LogP contribution < -0.4 is 0 Å². The Bertz CT molecular complexity index is 677. The summed E-state index contributed by atoms with van der Waals surface area (Å²) in [5.74, 6) is 0.456. The van der Waals surface area contributed by atoms with Gasteiger partial charge in [0.1, 0.15) is 5.75 Å². The van der Waals surface area contributed by atoms with E-state index in [0.29, 0.717) is 10.9 Å². The van der Waals surface area contributed by atoms with E-state index in [0.717, 1.165) is 29.5 Å². The average molecular weight is 403 g/mol. The van der Waals surface area contributed by atoms with Crippen LogP contribution in [0.4, 0.5) is 0 Å². The summed E-state index contributed by atoms with van der Waals surface area (Å²) in [6.45, 7) is 2.23. The lowest BCUT2D eigenvalue weighted by molar-refractivity contribution is 0.0979. The zero-order chi connectivity index (χ0) is 18.1. The van der Waals surface area contributed by atoms with Gasteiger partial charge in [-0.05, 0) is 45.6 Å². The Morgan fingerprint density at radius 2 is 1.48 bits per heavy atom. The second-order valence-corrected chi connectivity index (χ2v) is 7.39. The van der Waals surface area contributed by atoms with Crippen molar-refractivity contribution in [3.05, 3.63) is 52.5 Å². The van der Waals surface area contributed by atoms with Crippen molar-refractivity contribution >= 4 is 21.7 Å². The second-order valence-electron chi connectivity index (χ2n) is 6.54. The van der Waals surface area contributed by atoms with Crippen molar-refractivity contribution < 1.29 is 9.90 Å². The van der Waals surface area contributed by atoms with Crippen LogP contribution in [0.2, 0.25) is 0 Å². The van der Waals surface area contributed by atoms with E-state index in [1.165, 1.54) is 32.1 Å². The van der Waals surface area contributed by atoms with Crippen LogP contribution in [-0.2, 0) is 0 Å². The third-order valence-electron chi connectivity index (χ3n) is 4.50. The number of hydrogen-bond acceptors (Lipinski definition) is 2. The van der Waals surface area contributed by atoms with E-state index in [9.17, 15) is 9.90 Å². The Hall–Kier alpha value is -1.61.